The highest BCUT2D eigenvalue weighted by Crippen LogP contribution is 2.32. The fraction of sp³-hybridized carbons (Fsp3) is 0.571. The summed E-state index contributed by atoms with van der Waals surface area (Å²) in [5.74, 6) is 0.888. The van der Waals surface area contributed by atoms with Crippen molar-refractivity contribution < 1.29 is 0 Å². The van der Waals surface area contributed by atoms with Crippen molar-refractivity contribution in [1.29, 1.82) is 0 Å². The minimum absolute atomic E-state index is 0.595. The van der Waals surface area contributed by atoms with Crippen molar-refractivity contribution in [2.24, 2.45) is 11.7 Å². The topological polar surface area (TPSA) is 29.3 Å². The van der Waals surface area contributed by atoms with E-state index in [1.165, 1.54) is 37.1 Å². The van der Waals surface area contributed by atoms with Crippen molar-refractivity contribution in [3.8, 4) is 0 Å². The van der Waals surface area contributed by atoms with Gasteiger partial charge in [-0.25, -0.2) is 0 Å². The maximum atomic E-state index is 5.86. The summed E-state index contributed by atoms with van der Waals surface area (Å²) in [5, 5.41) is 0. The molecule has 0 bridgehead atoms. The summed E-state index contributed by atoms with van der Waals surface area (Å²) in [7, 11) is 0. The molecule has 0 spiro atoms. The van der Waals surface area contributed by atoms with Gasteiger partial charge in [0.2, 0.25) is 0 Å². The number of nitrogens with two attached hydrogens (primary N) is 1. The van der Waals surface area contributed by atoms with Gasteiger partial charge in [0.25, 0.3) is 0 Å². The van der Waals surface area contributed by atoms with E-state index in [1.807, 2.05) is 0 Å². The van der Waals surface area contributed by atoms with Gasteiger partial charge in [0.15, 0.2) is 0 Å². The van der Waals surface area contributed by atoms with E-state index in [1.54, 1.807) is 0 Å². The first kappa shape index (κ1) is 12.9. The van der Waals surface area contributed by atoms with Gasteiger partial charge < -0.3 is 10.6 Å². The van der Waals surface area contributed by atoms with Crippen LogP contribution in [0.25, 0.3) is 0 Å². The second-order valence-electron chi connectivity index (χ2n) is 4.78. The van der Waals surface area contributed by atoms with Crippen molar-refractivity contribution in [2.75, 3.05) is 18.0 Å². The Hall–Kier alpha value is -0.540. The van der Waals surface area contributed by atoms with Crippen LogP contribution in [0.4, 0.5) is 5.69 Å². The predicted octanol–water partition coefficient (Wildman–Crippen LogP) is 3.53. The Morgan fingerprint density at radius 2 is 2.18 bits per heavy atom. The van der Waals surface area contributed by atoms with Crippen LogP contribution < -0.4 is 10.6 Å². The van der Waals surface area contributed by atoms with Gasteiger partial charge in [0.1, 0.15) is 0 Å². The Bertz CT molecular complexity index is 374. The Morgan fingerprint density at radius 1 is 1.41 bits per heavy atom. The van der Waals surface area contributed by atoms with Crippen LogP contribution in [-0.2, 0) is 6.54 Å². The zero-order valence-corrected chi connectivity index (χ0v) is 12.0. The molecule has 0 heterocycles. The van der Waals surface area contributed by atoms with Gasteiger partial charge in [-0.2, -0.15) is 0 Å². The summed E-state index contributed by atoms with van der Waals surface area (Å²) < 4.78 is 1.13. The summed E-state index contributed by atoms with van der Waals surface area (Å²) in [6.45, 7) is 5.05. The predicted molar refractivity (Wildman–Crippen MR) is 77.3 cm³/mol. The molecule has 0 radical (unpaired) electrons. The molecule has 1 fully saturated rings. The Kier molecular flexibility index (Phi) is 4.46. The van der Waals surface area contributed by atoms with Crippen LogP contribution in [0.5, 0.6) is 0 Å². The molecule has 94 valence electrons. The molecule has 2 N–H and O–H groups in total. The molecule has 0 unspecified atom stereocenters. The van der Waals surface area contributed by atoms with Crippen LogP contribution in [0.2, 0.25) is 0 Å². The van der Waals surface area contributed by atoms with E-state index in [2.05, 4.69) is 46.0 Å². The molecule has 1 saturated carbocycles. The van der Waals surface area contributed by atoms with Crippen molar-refractivity contribution in [1.82, 2.24) is 0 Å². The third kappa shape index (κ3) is 2.83. The first-order valence-electron chi connectivity index (χ1n) is 6.48. The van der Waals surface area contributed by atoms with Crippen molar-refractivity contribution >= 4 is 21.6 Å². The van der Waals surface area contributed by atoms with Crippen LogP contribution in [0.15, 0.2) is 22.7 Å². The molecule has 0 atom stereocenters. The third-order valence-electron chi connectivity index (χ3n) is 3.72. The van der Waals surface area contributed by atoms with Gasteiger partial charge >= 0.3 is 0 Å². The summed E-state index contributed by atoms with van der Waals surface area (Å²) in [6.07, 6.45) is 4.19. The van der Waals surface area contributed by atoms with Crippen molar-refractivity contribution in [3.63, 3.8) is 0 Å². The highest BCUT2D eigenvalue weighted by molar-refractivity contribution is 9.10. The molecule has 3 heteroatoms. The number of hydrogen-bond donors (Lipinski definition) is 1. The van der Waals surface area contributed by atoms with E-state index in [4.69, 9.17) is 5.73 Å². The number of nitrogens with zero attached hydrogens (tertiary/aromatic N) is 1. The average Bonchev–Trinajstić information content (AvgIpc) is 2.28. The van der Waals surface area contributed by atoms with E-state index in [9.17, 15) is 0 Å². The largest absolute Gasteiger partial charge is 0.371 e. The lowest BCUT2D eigenvalue weighted by molar-refractivity contribution is 0.318. The van der Waals surface area contributed by atoms with E-state index < -0.39 is 0 Å². The van der Waals surface area contributed by atoms with Crippen LogP contribution in [0.1, 0.15) is 31.7 Å². The molecule has 17 heavy (non-hydrogen) atoms. The Morgan fingerprint density at radius 3 is 2.71 bits per heavy atom. The number of benzene rings is 1. The molecule has 0 saturated heterocycles. The highest BCUT2D eigenvalue weighted by atomic mass is 79.9. The smallest absolute Gasteiger partial charge is 0.0423 e. The summed E-state index contributed by atoms with van der Waals surface area (Å²) in [6, 6.07) is 6.36. The van der Waals surface area contributed by atoms with Crippen molar-refractivity contribution in [2.45, 2.75) is 32.7 Å². The first-order chi connectivity index (χ1) is 8.26. The lowest BCUT2D eigenvalue weighted by Crippen LogP contribution is -2.33. The van der Waals surface area contributed by atoms with Gasteiger partial charge in [-0.3, -0.25) is 0 Å². The monoisotopic (exact) mass is 296 g/mol. The summed E-state index contributed by atoms with van der Waals surface area (Å²) in [5.41, 5.74) is 8.40. The number of halogens is 1. The van der Waals surface area contributed by atoms with Gasteiger partial charge in [0, 0.05) is 35.4 Å². The van der Waals surface area contributed by atoms with Gasteiger partial charge in [-0.15, -0.1) is 0 Å². The van der Waals surface area contributed by atoms with E-state index >= 15 is 0 Å². The second kappa shape index (κ2) is 5.87. The average molecular weight is 297 g/mol. The molecule has 2 rings (SSSR count). The van der Waals surface area contributed by atoms with Crippen molar-refractivity contribution in [3.05, 3.63) is 28.2 Å². The standard InChI is InChI=1S/C14H21BrN2/c1-2-17(10-11-5-3-6-11)14-8-4-7-13(15)12(14)9-16/h4,7-8,11H,2-3,5-6,9-10,16H2,1H3. The fourth-order valence-electron chi connectivity index (χ4n) is 2.43. The first-order valence-corrected chi connectivity index (χ1v) is 7.28. The van der Waals surface area contributed by atoms with Gasteiger partial charge in [0.05, 0.1) is 0 Å². The second-order valence-corrected chi connectivity index (χ2v) is 5.63. The lowest BCUT2D eigenvalue weighted by atomic mass is 9.85. The number of anilines is 1. The quantitative estimate of drug-likeness (QED) is 0.901. The normalized spacial score (nSPS) is 15.7. The zero-order chi connectivity index (χ0) is 12.3. The highest BCUT2D eigenvalue weighted by Gasteiger charge is 2.21. The van der Waals surface area contributed by atoms with Crippen LogP contribution in [0.3, 0.4) is 0 Å². The number of hydrogen-bond acceptors (Lipinski definition) is 2. The fourth-order valence-corrected chi connectivity index (χ4v) is 2.95. The Labute approximate surface area is 112 Å². The van der Waals surface area contributed by atoms with E-state index in [0.29, 0.717) is 6.54 Å². The van der Waals surface area contributed by atoms with Crippen LogP contribution >= 0.6 is 15.9 Å². The van der Waals surface area contributed by atoms with Crippen LogP contribution in [-0.4, -0.2) is 13.1 Å². The molecule has 1 aromatic rings. The summed E-state index contributed by atoms with van der Waals surface area (Å²) >= 11 is 3.60. The molecular weight excluding hydrogens is 276 g/mol. The maximum Gasteiger partial charge on any atom is 0.0423 e. The molecule has 1 aliphatic rings. The molecule has 0 aromatic heterocycles. The SMILES string of the molecule is CCN(CC1CCC1)c1cccc(Br)c1CN. The van der Waals surface area contributed by atoms with Gasteiger partial charge in [-0.1, -0.05) is 28.4 Å². The summed E-state index contributed by atoms with van der Waals surface area (Å²) in [4.78, 5) is 2.47. The lowest BCUT2D eigenvalue weighted by Gasteiger charge is -2.34. The minimum atomic E-state index is 0.595. The maximum absolute atomic E-state index is 5.86. The molecule has 1 aliphatic carbocycles. The molecular formula is C14H21BrN2. The molecule has 1 aromatic carbocycles. The minimum Gasteiger partial charge on any atom is -0.371 e. The zero-order valence-electron chi connectivity index (χ0n) is 10.5. The molecule has 0 aliphatic heterocycles. The van der Waals surface area contributed by atoms with E-state index in [0.717, 1.165) is 16.9 Å². The number of rotatable bonds is 5. The van der Waals surface area contributed by atoms with Gasteiger partial charge in [-0.05, 0) is 37.8 Å². The molecule has 0 amide bonds. The Balaban J connectivity index is 2.19. The third-order valence-corrected chi connectivity index (χ3v) is 4.47. The van der Waals surface area contributed by atoms with E-state index in [-0.39, 0.29) is 0 Å². The molecule has 2 nitrogen and oxygen atoms in total. The van der Waals surface area contributed by atoms with Crippen LogP contribution in [0, 0.1) is 5.92 Å².